The number of aliphatic hydroxyl groups excluding tert-OH is 1. The van der Waals surface area contributed by atoms with Crippen LogP contribution in [-0.4, -0.2) is 147 Å². The molecular formula is C44H67N7O9S. The van der Waals surface area contributed by atoms with Crippen LogP contribution in [0.4, 0.5) is 4.79 Å². The molecule has 13 atom stereocenters. The van der Waals surface area contributed by atoms with Crippen molar-refractivity contribution < 1.29 is 43.2 Å². The minimum atomic E-state index is -1.23. The summed E-state index contributed by atoms with van der Waals surface area (Å²) in [6.07, 6.45) is 0.226. The topological polar surface area (TPSA) is 180 Å². The highest BCUT2D eigenvalue weighted by Gasteiger charge is 2.58. The van der Waals surface area contributed by atoms with Crippen LogP contribution >= 0.6 is 11.3 Å². The zero-order chi connectivity index (χ0) is 44.4. The van der Waals surface area contributed by atoms with Gasteiger partial charge in [-0.25, -0.2) is 9.78 Å². The second-order valence-corrected chi connectivity index (χ2v) is 19.2. The summed E-state index contributed by atoms with van der Waals surface area (Å²) in [4.78, 5) is 50.7. The van der Waals surface area contributed by atoms with Crippen LogP contribution in [0.5, 0.6) is 0 Å². The molecule has 6 rings (SSSR count). The number of nitrogens with one attached hydrogen (secondary N) is 1. The number of hydrogen-bond donors (Lipinski definition) is 2. The van der Waals surface area contributed by atoms with Gasteiger partial charge in [0.1, 0.15) is 28.8 Å². The van der Waals surface area contributed by atoms with Crippen molar-refractivity contribution in [2.75, 3.05) is 34.3 Å². The second-order valence-electron chi connectivity index (χ2n) is 18.1. The van der Waals surface area contributed by atoms with Crippen LogP contribution < -0.4 is 5.32 Å². The highest BCUT2D eigenvalue weighted by atomic mass is 32.1. The van der Waals surface area contributed by atoms with E-state index in [1.807, 2.05) is 84.1 Å². The van der Waals surface area contributed by atoms with E-state index < -0.39 is 71.5 Å². The number of ether oxygens (including phenoxy) is 5. The number of hydrogen-bond acceptors (Lipinski definition) is 15. The molecule has 0 spiro atoms. The molecule has 1 aromatic carbocycles. The van der Waals surface area contributed by atoms with Crippen LogP contribution in [0.1, 0.15) is 87.5 Å². The Morgan fingerprint density at radius 1 is 1.07 bits per heavy atom. The fourth-order valence-electron chi connectivity index (χ4n) is 9.70. The number of likely N-dealkylation sites (N-methyl/N-ethyl adjacent to an activating group) is 1. The molecule has 0 radical (unpaired) electrons. The number of para-hydroxylation sites is 1. The largest absolute Gasteiger partial charge is 0.458 e. The molecule has 3 aliphatic rings. The normalized spacial score (nSPS) is 35.8. The molecule has 2 aromatic heterocycles. The molecule has 3 aliphatic heterocycles. The minimum Gasteiger partial charge on any atom is -0.458 e. The molecule has 3 fully saturated rings. The Hall–Kier alpha value is -3.58. The van der Waals surface area contributed by atoms with Crippen molar-refractivity contribution in [3.05, 3.63) is 30.5 Å². The predicted octanol–water partition coefficient (Wildman–Crippen LogP) is 5.31. The first-order valence-corrected chi connectivity index (χ1v) is 22.7. The van der Waals surface area contributed by atoms with E-state index in [0.717, 1.165) is 21.6 Å². The van der Waals surface area contributed by atoms with Crippen LogP contribution in [0, 0.1) is 17.8 Å². The zero-order valence-corrected chi connectivity index (χ0v) is 38.5. The maximum absolute atomic E-state index is 14.4. The summed E-state index contributed by atoms with van der Waals surface area (Å²) < 4.78 is 34.5. The lowest BCUT2D eigenvalue weighted by molar-refractivity contribution is -0.295. The smallest absolute Gasteiger partial charge is 0.410 e. The maximum Gasteiger partial charge on any atom is 0.410 e. The summed E-state index contributed by atoms with van der Waals surface area (Å²) in [6, 6.07) is 6.94. The summed E-state index contributed by atoms with van der Waals surface area (Å²) in [7, 11) is 5.40. The Bertz CT molecular complexity index is 1950. The number of aliphatic hydroxyl groups is 1. The molecule has 3 aromatic rings. The van der Waals surface area contributed by atoms with Crippen LogP contribution in [0.2, 0.25) is 0 Å². The molecule has 1 amide bonds. The molecule has 0 aliphatic carbocycles. The Morgan fingerprint density at radius 3 is 2.48 bits per heavy atom. The number of ketones is 1. The maximum atomic E-state index is 14.4. The number of unbranched alkanes of at least 4 members (excludes halogenated alkanes) is 1. The fraction of sp³-hybridized carbons (Fsp3) is 0.727. The molecule has 0 saturated carbocycles. The number of cyclic esters (lactones) is 1. The van der Waals surface area contributed by atoms with Gasteiger partial charge in [0.2, 0.25) is 0 Å². The standard InChI is InChI=1S/C44H67N7O9S/c1-12-34-44(8)37(51(42(55)60-44)20-16-15-19-50-24-31(47-48-50)39-46-30-17-13-14-18-33(30)61-39)29(6)45-23-25(2)22-43(7,56-11)38(27(4)35(52)28(5)40(54)58-34)59-41-36(53)32(49(9)10)21-26(3)57-41/h13-14,17-18,24-29,32,34,36-38,41,45,53H,12,15-16,19-23H2,1-11H3/t25-,26?,27-,28-,29-,32?,34-,36?,37-,38-,41+,43-,44-/m1/s1. The van der Waals surface area contributed by atoms with E-state index in [-0.39, 0.29) is 24.1 Å². The van der Waals surface area contributed by atoms with Gasteiger partial charge in [0.05, 0.1) is 40.3 Å². The fourth-order valence-corrected chi connectivity index (χ4v) is 10.6. The molecule has 0 bridgehead atoms. The summed E-state index contributed by atoms with van der Waals surface area (Å²) in [5.74, 6) is -3.16. The van der Waals surface area contributed by atoms with Gasteiger partial charge in [0.25, 0.3) is 0 Å². The molecule has 17 heteroatoms. The third kappa shape index (κ3) is 9.98. The van der Waals surface area contributed by atoms with Crippen molar-refractivity contribution in [1.82, 2.24) is 35.1 Å². The van der Waals surface area contributed by atoms with Gasteiger partial charge in [-0.3, -0.25) is 19.2 Å². The van der Waals surface area contributed by atoms with Crippen LogP contribution in [-0.2, 0) is 39.8 Å². The average Bonchev–Trinajstić information content (AvgIpc) is 3.95. The number of nitrogens with zero attached hydrogens (tertiary/aromatic N) is 6. The SMILES string of the molecule is CC[C@H]1OC(=O)[C@H](C)C(=O)[C@@H](C)[C@@H](O[C@@H]2OC(C)CC(N(C)C)C2O)[C@](C)(OC)C[C@@H](C)CN[C@H](C)[C@H]2N(CCCCn3cc(-c4nc5ccccc5s4)nn3)C(=O)O[C@]12C. The van der Waals surface area contributed by atoms with Crippen molar-refractivity contribution in [3.8, 4) is 10.7 Å². The van der Waals surface area contributed by atoms with Gasteiger partial charge in [-0.2, -0.15) is 0 Å². The van der Waals surface area contributed by atoms with Gasteiger partial charge in [0, 0.05) is 38.2 Å². The van der Waals surface area contributed by atoms with E-state index in [9.17, 15) is 19.5 Å². The Morgan fingerprint density at radius 2 is 1.79 bits per heavy atom. The third-order valence-electron chi connectivity index (χ3n) is 13.1. The Labute approximate surface area is 363 Å². The number of Topliss-reactive ketones (excluding diaryl/α,β-unsaturated/α-hetero) is 1. The number of amides is 1. The van der Waals surface area contributed by atoms with Crippen LogP contribution in [0.25, 0.3) is 20.9 Å². The first-order valence-electron chi connectivity index (χ1n) is 21.8. The van der Waals surface area contributed by atoms with E-state index in [1.165, 1.54) is 0 Å². The molecular weight excluding hydrogens is 803 g/mol. The highest BCUT2D eigenvalue weighted by molar-refractivity contribution is 7.21. The van der Waals surface area contributed by atoms with Gasteiger partial charge < -0.3 is 39.0 Å². The zero-order valence-electron chi connectivity index (χ0n) is 37.7. The van der Waals surface area contributed by atoms with E-state index >= 15 is 0 Å². The van der Waals surface area contributed by atoms with Crippen molar-refractivity contribution in [2.45, 2.75) is 154 Å². The molecule has 3 saturated heterocycles. The summed E-state index contributed by atoms with van der Waals surface area (Å²) in [6.45, 7) is 16.5. The molecule has 61 heavy (non-hydrogen) atoms. The number of fused-ring (bicyclic) bond motifs is 2. The van der Waals surface area contributed by atoms with Gasteiger partial charge in [-0.15, -0.1) is 16.4 Å². The first kappa shape index (κ1) is 46.9. The number of benzene rings is 1. The molecule has 16 nitrogen and oxygen atoms in total. The van der Waals surface area contributed by atoms with Crippen molar-refractivity contribution in [2.24, 2.45) is 17.8 Å². The number of rotatable bonds is 11. The summed E-state index contributed by atoms with van der Waals surface area (Å²) >= 11 is 1.58. The molecule has 5 heterocycles. The Kier molecular flexibility index (Phi) is 14.9. The Balaban J connectivity index is 1.21. The monoisotopic (exact) mass is 869 g/mol. The molecule has 3 unspecified atom stereocenters. The molecule has 338 valence electrons. The number of esters is 1. The van der Waals surface area contributed by atoms with Gasteiger partial charge >= 0.3 is 12.1 Å². The number of carbonyl (C=O) groups is 3. The lowest BCUT2D eigenvalue weighted by Gasteiger charge is -2.46. The van der Waals surface area contributed by atoms with Crippen LogP contribution in [0.3, 0.4) is 0 Å². The minimum absolute atomic E-state index is 0.0121. The van der Waals surface area contributed by atoms with Gasteiger partial charge in [-0.05, 0) is 105 Å². The molecule has 2 N–H and O–H groups in total. The lowest BCUT2D eigenvalue weighted by atomic mass is 9.78. The quantitative estimate of drug-likeness (QED) is 0.144. The second kappa shape index (κ2) is 19.4. The van der Waals surface area contributed by atoms with E-state index in [2.05, 4.69) is 22.6 Å². The van der Waals surface area contributed by atoms with E-state index in [4.69, 9.17) is 28.7 Å². The summed E-state index contributed by atoms with van der Waals surface area (Å²) in [5, 5.41) is 24.7. The van der Waals surface area contributed by atoms with E-state index in [1.54, 1.807) is 41.9 Å². The first-order chi connectivity index (χ1) is 28.9. The van der Waals surface area contributed by atoms with Crippen molar-refractivity contribution in [1.29, 1.82) is 0 Å². The van der Waals surface area contributed by atoms with Gasteiger partial charge in [0.15, 0.2) is 17.7 Å². The number of thiazole rings is 1. The van der Waals surface area contributed by atoms with Gasteiger partial charge in [-0.1, -0.05) is 38.1 Å². The predicted molar refractivity (Wildman–Crippen MR) is 231 cm³/mol. The number of methoxy groups -OCH3 is 1. The summed E-state index contributed by atoms with van der Waals surface area (Å²) in [5.41, 5.74) is -0.630. The lowest BCUT2D eigenvalue weighted by Crippen LogP contribution is -2.61. The average molecular weight is 870 g/mol. The van der Waals surface area contributed by atoms with E-state index in [0.29, 0.717) is 51.0 Å². The highest BCUT2D eigenvalue weighted by Crippen LogP contribution is 2.40. The number of aryl methyl sites for hydroxylation is 1. The number of carbonyl (C=O) groups excluding carboxylic acids is 3. The van der Waals surface area contributed by atoms with Crippen molar-refractivity contribution >= 4 is 39.4 Å². The van der Waals surface area contributed by atoms with Crippen molar-refractivity contribution in [3.63, 3.8) is 0 Å². The number of aromatic nitrogens is 4. The third-order valence-corrected chi connectivity index (χ3v) is 14.2. The van der Waals surface area contributed by atoms with Crippen LogP contribution in [0.15, 0.2) is 30.5 Å².